The summed E-state index contributed by atoms with van der Waals surface area (Å²) in [6.45, 7) is 9.47. The first kappa shape index (κ1) is 17.1. The predicted octanol–water partition coefficient (Wildman–Crippen LogP) is 3.09. The van der Waals surface area contributed by atoms with Crippen molar-refractivity contribution in [2.45, 2.75) is 59.4 Å². The Morgan fingerprint density at radius 1 is 1.29 bits per heavy atom. The van der Waals surface area contributed by atoms with Gasteiger partial charge in [-0.3, -0.25) is 4.79 Å². The van der Waals surface area contributed by atoms with E-state index in [0.29, 0.717) is 6.54 Å². The van der Waals surface area contributed by atoms with Gasteiger partial charge in [0, 0.05) is 13.1 Å². The zero-order chi connectivity index (χ0) is 17.3. The molecule has 0 aliphatic carbocycles. The molecular formula is C17H25N5OS. The topological polar surface area (TPSA) is 63.9 Å². The van der Waals surface area contributed by atoms with Crippen molar-refractivity contribution in [3.63, 3.8) is 0 Å². The van der Waals surface area contributed by atoms with Crippen LogP contribution in [0.2, 0.25) is 0 Å². The average molecular weight is 347 g/mol. The molecule has 0 bridgehead atoms. The fourth-order valence-electron chi connectivity index (χ4n) is 3.34. The number of aryl methyl sites for hydroxylation is 4. The third kappa shape index (κ3) is 3.36. The number of likely N-dealkylation sites (tertiary alicyclic amines) is 1. The van der Waals surface area contributed by atoms with Crippen molar-refractivity contribution < 1.29 is 4.79 Å². The molecule has 0 spiro atoms. The maximum Gasteiger partial charge on any atom is 0.265 e. The lowest BCUT2D eigenvalue weighted by molar-refractivity contribution is 0.0675. The van der Waals surface area contributed by atoms with E-state index in [4.69, 9.17) is 0 Å². The largest absolute Gasteiger partial charge is 0.336 e. The van der Waals surface area contributed by atoms with Crippen LogP contribution in [-0.2, 0) is 6.42 Å². The number of hydrogen-bond acceptors (Lipinski definition) is 5. The van der Waals surface area contributed by atoms with Crippen LogP contribution in [0, 0.1) is 20.8 Å². The minimum absolute atomic E-state index is 0.117. The van der Waals surface area contributed by atoms with Crippen LogP contribution >= 0.6 is 11.3 Å². The second-order valence-corrected chi connectivity index (χ2v) is 7.55. The van der Waals surface area contributed by atoms with Crippen molar-refractivity contribution in [2.24, 2.45) is 0 Å². The molecule has 0 aromatic carbocycles. The van der Waals surface area contributed by atoms with Gasteiger partial charge in [-0.15, -0.1) is 11.3 Å². The van der Waals surface area contributed by atoms with Gasteiger partial charge < -0.3 is 4.90 Å². The Labute approximate surface area is 146 Å². The third-order valence-corrected chi connectivity index (χ3v) is 5.64. The van der Waals surface area contributed by atoms with Gasteiger partial charge in [-0.2, -0.15) is 5.10 Å². The average Bonchev–Trinajstić information content (AvgIpc) is 3.09. The summed E-state index contributed by atoms with van der Waals surface area (Å²) in [4.78, 5) is 24.7. The number of amides is 1. The highest BCUT2D eigenvalue weighted by Gasteiger charge is 2.29. The zero-order valence-corrected chi connectivity index (χ0v) is 15.7. The van der Waals surface area contributed by atoms with Crippen molar-refractivity contribution in [3.05, 3.63) is 27.2 Å². The summed E-state index contributed by atoms with van der Waals surface area (Å²) >= 11 is 1.55. The normalized spacial score (nSPS) is 18.2. The summed E-state index contributed by atoms with van der Waals surface area (Å²) < 4.78 is 1.98. The van der Waals surface area contributed by atoms with Crippen molar-refractivity contribution in [3.8, 4) is 0 Å². The highest BCUT2D eigenvalue weighted by Crippen LogP contribution is 2.26. The lowest BCUT2D eigenvalue weighted by atomic mass is 10.1. The first-order chi connectivity index (χ1) is 11.5. The number of aromatic nitrogens is 4. The van der Waals surface area contributed by atoms with Gasteiger partial charge in [-0.25, -0.2) is 14.6 Å². The molecule has 0 radical (unpaired) electrons. The molecule has 1 amide bonds. The minimum atomic E-state index is 0.117. The molecule has 1 aliphatic rings. The van der Waals surface area contributed by atoms with E-state index in [1.165, 1.54) is 0 Å². The first-order valence-corrected chi connectivity index (χ1v) is 9.46. The summed E-state index contributed by atoms with van der Waals surface area (Å²) in [5.41, 5.74) is 0.864. The molecule has 2 aromatic rings. The Hall–Kier alpha value is -1.76. The van der Waals surface area contributed by atoms with Gasteiger partial charge in [0.05, 0.1) is 16.7 Å². The third-order valence-electron chi connectivity index (χ3n) is 4.44. The minimum Gasteiger partial charge on any atom is -0.336 e. The Balaban J connectivity index is 1.77. The smallest absolute Gasteiger partial charge is 0.265 e. The van der Waals surface area contributed by atoms with Crippen molar-refractivity contribution >= 4 is 17.2 Å². The zero-order valence-electron chi connectivity index (χ0n) is 14.9. The van der Waals surface area contributed by atoms with Crippen molar-refractivity contribution in [2.75, 3.05) is 13.1 Å². The molecule has 0 N–H and O–H groups in total. The molecule has 1 saturated heterocycles. The molecule has 130 valence electrons. The second-order valence-electron chi connectivity index (χ2n) is 6.47. The highest BCUT2D eigenvalue weighted by atomic mass is 32.1. The highest BCUT2D eigenvalue weighted by molar-refractivity contribution is 7.13. The van der Waals surface area contributed by atoms with Crippen molar-refractivity contribution in [1.29, 1.82) is 0 Å². The number of hydrogen-bond donors (Lipinski definition) is 0. The summed E-state index contributed by atoms with van der Waals surface area (Å²) in [6, 6.07) is 0.215. The second kappa shape index (κ2) is 7.01. The summed E-state index contributed by atoms with van der Waals surface area (Å²) in [7, 11) is 0. The number of nitrogens with zero attached hydrogens (tertiary/aromatic N) is 5. The molecule has 7 heteroatoms. The van der Waals surface area contributed by atoms with Crippen LogP contribution < -0.4 is 0 Å². The van der Waals surface area contributed by atoms with E-state index in [0.717, 1.165) is 59.5 Å². The Morgan fingerprint density at radius 3 is 2.75 bits per heavy atom. The summed E-state index contributed by atoms with van der Waals surface area (Å²) in [6.07, 6.45) is 4.03. The van der Waals surface area contributed by atoms with E-state index in [2.05, 4.69) is 22.0 Å². The van der Waals surface area contributed by atoms with Crippen LogP contribution in [0.4, 0.5) is 0 Å². The fourth-order valence-corrected chi connectivity index (χ4v) is 4.47. The van der Waals surface area contributed by atoms with E-state index in [-0.39, 0.29) is 11.9 Å². The van der Waals surface area contributed by atoms with E-state index in [1.54, 1.807) is 11.3 Å². The summed E-state index contributed by atoms with van der Waals surface area (Å²) in [5.74, 6) is 1.83. The Morgan fingerprint density at radius 2 is 2.08 bits per heavy atom. The van der Waals surface area contributed by atoms with Crippen molar-refractivity contribution in [1.82, 2.24) is 24.6 Å². The molecule has 0 unspecified atom stereocenters. The SMILES string of the molecule is CCCc1nc(C)c(C(=O)N2CCC[C@@H](n3nc(C)nc3C)C2)s1. The van der Waals surface area contributed by atoms with Crippen LogP contribution in [0.25, 0.3) is 0 Å². The van der Waals surface area contributed by atoms with Gasteiger partial charge in [0.1, 0.15) is 16.5 Å². The van der Waals surface area contributed by atoms with Crippen LogP contribution in [0.5, 0.6) is 0 Å². The molecule has 3 heterocycles. The molecule has 24 heavy (non-hydrogen) atoms. The van der Waals surface area contributed by atoms with Crippen LogP contribution in [0.15, 0.2) is 0 Å². The fraction of sp³-hybridized carbons (Fsp3) is 0.647. The van der Waals surface area contributed by atoms with Gasteiger partial charge in [0.15, 0.2) is 0 Å². The van der Waals surface area contributed by atoms with E-state index in [1.807, 2.05) is 30.4 Å². The molecule has 1 atom stereocenters. The van der Waals surface area contributed by atoms with Gasteiger partial charge >= 0.3 is 0 Å². The maximum atomic E-state index is 13.0. The molecule has 1 fully saturated rings. The van der Waals surface area contributed by atoms with Gasteiger partial charge in [0.25, 0.3) is 5.91 Å². The number of thiazole rings is 1. The van der Waals surface area contributed by atoms with Crippen LogP contribution in [0.3, 0.4) is 0 Å². The molecular weight excluding hydrogens is 322 g/mol. The lowest BCUT2D eigenvalue weighted by Crippen LogP contribution is -2.41. The lowest BCUT2D eigenvalue weighted by Gasteiger charge is -2.33. The van der Waals surface area contributed by atoms with E-state index < -0.39 is 0 Å². The molecule has 6 nitrogen and oxygen atoms in total. The molecule has 3 rings (SSSR count). The number of carbonyl (C=O) groups is 1. The number of carbonyl (C=O) groups excluding carboxylic acids is 1. The first-order valence-electron chi connectivity index (χ1n) is 8.65. The predicted molar refractivity (Wildman–Crippen MR) is 94.5 cm³/mol. The Bertz CT molecular complexity index is 735. The van der Waals surface area contributed by atoms with Crippen LogP contribution in [-0.4, -0.2) is 43.6 Å². The van der Waals surface area contributed by atoms with Crippen LogP contribution in [0.1, 0.15) is 64.3 Å². The summed E-state index contributed by atoms with van der Waals surface area (Å²) in [5, 5.41) is 5.57. The van der Waals surface area contributed by atoms with Gasteiger partial charge in [-0.05, 0) is 46.5 Å². The molecule has 0 saturated carbocycles. The number of piperidine rings is 1. The standard InChI is InChI=1S/C17H25N5OS/c1-5-7-15-18-11(2)16(24-15)17(23)21-9-6-8-14(10-21)22-13(4)19-12(3)20-22/h14H,5-10H2,1-4H3/t14-/m1/s1. The van der Waals surface area contributed by atoms with Gasteiger partial charge in [-0.1, -0.05) is 6.92 Å². The Kier molecular flexibility index (Phi) is 4.99. The van der Waals surface area contributed by atoms with E-state index in [9.17, 15) is 4.79 Å². The molecule has 2 aromatic heterocycles. The quantitative estimate of drug-likeness (QED) is 0.852. The maximum absolute atomic E-state index is 13.0. The number of rotatable bonds is 4. The van der Waals surface area contributed by atoms with E-state index >= 15 is 0 Å². The monoisotopic (exact) mass is 347 g/mol. The van der Waals surface area contributed by atoms with Gasteiger partial charge in [0.2, 0.25) is 0 Å². The molecule has 1 aliphatic heterocycles.